The molecular weight excluding hydrogens is 614 g/mol. The number of amides is 1. The second-order valence-electron chi connectivity index (χ2n) is 12.2. The number of ether oxygens (including phenoxy) is 5. The van der Waals surface area contributed by atoms with E-state index in [-0.39, 0.29) is 23.2 Å². The highest BCUT2D eigenvalue weighted by Gasteiger charge is 2.27. The van der Waals surface area contributed by atoms with Gasteiger partial charge in [0.25, 0.3) is 0 Å². The molecule has 1 unspecified atom stereocenters. The molecule has 246 valence electrons. The summed E-state index contributed by atoms with van der Waals surface area (Å²) in [6.07, 6.45) is 0.726. The van der Waals surface area contributed by atoms with Gasteiger partial charge in [-0.15, -0.1) is 0 Å². The largest absolute Gasteiger partial charge is 0.489 e. The second kappa shape index (κ2) is 13.9. The predicted molar refractivity (Wildman–Crippen MR) is 179 cm³/mol. The van der Waals surface area contributed by atoms with Crippen LogP contribution in [0.1, 0.15) is 31.9 Å². The van der Waals surface area contributed by atoms with Crippen molar-refractivity contribution < 1.29 is 37.7 Å². The fourth-order valence-electron chi connectivity index (χ4n) is 5.11. The van der Waals surface area contributed by atoms with E-state index in [4.69, 9.17) is 28.1 Å². The van der Waals surface area contributed by atoms with Crippen molar-refractivity contribution in [1.29, 1.82) is 0 Å². The molecule has 0 bridgehead atoms. The smallest absolute Gasteiger partial charge is 0.408 e. The summed E-state index contributed by atoms with van der Waals surface area (Å²) in [6, 6.07) is 25.7. The third-order valence-electron chi connectivity index (χ3n) is 7.40. The molecule has 0 saturated heterocycles. The van der Waals surface area contributed by atoms with Crippen LogP contribution in [-0.2, 0) is 22.6 Å². The highest BCUT2D eigenvalue weighted by Crippen LogP contribution is 2.34. The van der Waals surface area contributed by atoms with Gasteiger partial charge >= 0.3 is 12.1 Å². The van der Waals surface area contributed by atoms with E-state index in [1.165, 1.54) is 24.5 Å². The summed E-state index contributed by atoms with van der Waals surface area (Å²) in [7, 11) is 0. The molecule has 0 saturated carbocycles. The first kappa shape index (κ1) is 32.2. The van der Waals surface area contributed by atoms with Gasteiger partial charge in [0, 0.05) is 12.5 Å². The molecule has 5 aromatic rings. The molecule has 0 radical (unpaired) electrons. The van der Waals surface area contributed by atoms with Gasteiger partial charge < -0.3 is 33.4 Å². The van der Waals surface area contributed by atoms with E-state index in [1.807, 2.05) is 42.5 Å². The maximum Gasteiger partial charge on any atom is 0.408 e. The van der Waals surface area contributed by atoms with Crippen LogP contribution in [0.3, 0.4) is 0 Å². The number of hydrogen-bond donors (Lipinski definition) is 1. The van der Waals surface area contributed by atoms with E-state index in [0.29, 0.717) is 53.6 Å². The average Bonchev–Trinajstić information content (AvgIpc) is 3.07. The summed E-state index contributed by atoms with van der Waals surface area (Å²) in [5, 5.41) is 2.94. The van der Waals surface area contributed by atoms with E-state index >= 15 is 0 Å². The second-order valence-corrected chi connectivity index (χ2v) is 12.2. The molecule has 48 heavy (non-hydrogen) atoms. The number of fused-ring (bicyclic) bond motifs is 2. The number of alkyl carbamates (subject to hydrolysis) is 1. The molecule has 1 aromatic heterocycles. The molecule has 0 spiro atoms. The summed E-state index contributed by atoms with van der Waals surface area (Å²) in [5.74, 6) is 1.26. The molecule has 0 fully saturated rings. The van der Waals surface area contributed by atoms with Crippen molar-refractivity contribution in [3.05, 3.63) is 119 Å². The van der Waals surface area contributed by atoms with Gasteiger partial charge in [-0.1, -0.05) is 48.5 Å². The lowest BCUT2D eigenvalue weighted by Crippen LogP contribution is -2.46. The number of nitrogens with one attached hydrogen (secondary N) is 1. The van der Waals surface area contributed by atoms with Gasteiger partial charge in [-0.2, -0.15) is 0 Å². The Morgan fingerprint density at radius 3 is 2.31 bits per heavy atom. The Labute approximate surface area is 277 Å². The van der Waals surface area contributed by atoms with Gasteiger partial charge in [0.1, 0.15) is 54.8 Å². The van der Waals surface area contributed by atoms with Crippen LogP contribution < -0.4 is 29.7 Å². The molecule has 10 nitrogen and oxygen atoms in total. The lowest BCUT2D eigenvalue weighted by Gasteiger charge is -2.23. The van der Waals surface area contributed by atoms with Gasteiger partial charge in [-0.3, -0.25) is 4.79 Å². The third kappa shape index (κ3) is 7.95. The van der Waals surface area contributed by atoms with Crippen molar-refractivity contribution in [3.8, 4) is 34.1 Å². The molecule has 1 aliphatic rings. The van der Waals surface area contributed by atoms with Crippen molar-refractivity contribution >= 4 is 23.0 Å². The summed E-state index contributed by atoms with van der Waals surface area (Å²) < 4.78 is 34.0. The minimum atomic E-state index is -1.09. The monoisotopic (exact) mass is 649 g/mol. The standard InChI is InChI=1S/C38H35NO9/c1-38(2,3)48-37(42)39-31(19-24-9-12-27(13-10-24)45-22-25-7-5-4-6-8-25)36(41)47-28-14-15-29-33(21-28)46-23-30(35(29)40)26-11-16-32-34(20-26)44-18-17-43-32/h4-16,20-21,23,31H,17-19,22H2,1-3H3,(H,39,42). The van der Waals surface area contributed by atoms with Crippen LogP contribution >= 0.6 is 0 Å². The predicted octanol–water partition coefficient (Wildman–Crippen LogP) is 6.85. The van der Waals surface area contributed by atoms with Crippen LogP contribution in [0.15, 0.2) is 106 Å². The van der Waals surface area contributed by atoms with E-state index in [9.17, 15) is 14.4 Å². The fourth-order valence-corrected chi connectivity index (χ4v) is 5.11. The zero-order valence-corrected chi connectivity index (χ0v) is 26.8. The van der Waals surface area contributed by atoms with Gasteiger partial charge in [-0.05, 0) is 73.9 Å². The zero-order valence-electron chi connectivity index (χ0n) is 26.8. The van der Waals surface area contributed by atoms with Crippen LogP contribution in [0.2, 0.25) is 0 Å². The Bertz CT molecular complexity index is 1980. The molecule has 1 aliphatic heterocycles. The Morgan fingerprint density at radius 2 is 1.56 bits per heavy atom. The number of carbonyl (C=O) groups excluding carboxylic acids is 2. The first-order chi connectivity index (χ1) is 23.1. The summed E-state index contributed by atoms with van der Waals surface area (Å²) in [4.78, 5) is 39.6. The maximum absolute atomic E-state index is 13.5. The normalized spacial score (nSPS) is 13.0. The van der Waals surface area contributed by atoms with Crippen LogP contribution in [0.5, 0.6) is 23.0 Å². The van der Waals surface area contributed by atoms with E-state index in [1.54, 1.807) is 51.1 Å². The first-order valence-electron chi connectivity index (χ1n) is 15.5. The summed E-state index contributed by atoms with van der Waals surface area (Å²) >= 11 is 0. The summed E-state index contributed by atoms with van der Waals surface area (Å²) in [6.45, 7) is 6.51. The van der Waals surface area contributed by atoms with Crippen molar-refractivity contribution in [2.75, 3.05) is 13.2 Å². The highest BCUT2D eigenvalue weighted by atomic mass is 16.6. The minimum Gasteiger partial charge on any atom is -0.489 e. The topological polar surface area (TPSA) is 123 Å². The molecule has 10 heteroatoms. The molecule has 4 aromatic carbocycles. The average molecular weight is 650 g/mol. The Hall–Kier alpha value is -5.77. The Balaban J connectivity index is 1.18. The van der Waals surface area contributed by atoms with Gasteiger partial charge in [0.05, 0.1) is 10.9 Å². The first-order valence-corrected chi connectivity index (χ1v) is 15.5. The number of benzene rings is 4. The lowest BCUT2D eigenvalue weighted by molar-refractivity contribution is -0.136. The number of hydrogen-bond acceptors (Lipinski definition) is 9. The van der Waals surface area contributed by atoms with Crippen molar-refractivity contribution in [2.45, 2.75) is 45.4 Å². The minimum absolute atomic E-state index is 0.124. The third-order valence-corrected chi connectivity index (χ3v) is 7.40. The van der Waals surface area contributed by atoms with Crippen LogP contribution in [0.4, 0.5) is 4.79 Å². The maximum atomic E-state index is 13.5. The van der Waals surface area contributed by atoms with Gasteiger partial charge in [0.2, 0.25) is 0 Å². The fraction of sp³-hybridized carbons (Fsp3) is 0.237. The van der Waals surface area contributed by atoms with Gasteiger partial charge in [-0.25, -0.2) is 9.59 Å². The quantitative estimate of drug-likeness (QED) is 0.135. The van der Waals surface area contributed by atoms with Gasteiger partial charge in [0.15, 0.2) is 16.9 Å². The molecule has 2 heterocycles. The molecular formula is C38H35NO9. The SMILES string of the molecule is CC(C)(C)OC(=O)NC(Cc1ccc(OCc2ccccc2)cc1)C(=O)Oc1ccc2c(=O)c(-c3ccc4c(c3)OCCO4)coc2c1. The van der Waals surface area contributed by atoms with Crippen molar-refractivity contribution in [2.24, 2.45) is 0 Å². The molecule has 1 atom stereocenters. The summed E-state index contributed by atoms with van der Waals surface area (Å²) in [5.41, 5.74) is 1.97. The van der Waals surface area contributed by atoms with E-state index in [0.717, 1.165) is 11.1 Å². The molecule has 6 rings (SSSR count). The zero-order chi connectivity index (χ0) is 33.7. The molecule has 1 amide bonds. The van der Waals surface area contributed by atoms with Crippen molar-refractivity contribution in [1.82, 2.24) is 5.32 Å². The van der Waals surface area contributed by atoms with Crippen molar-refractivity contribution in [3.63, 3.8) is 0 Å². The number of rotatable bonds is 9. The van der Waals surface area contributed by atoms with E-state index < -0.39 is 23.7 Å². The molecule has 1 N–H and O–H groups in total. The highest BCUT2D eigenvalue weighted by molar-refractivity contribution is 5.86. The number of carbonyl (C=O) groups is 2. The lowest BCUT2D eigenvalue weighted by atomic mass is 10.0. The Kier molecular flexibility index (Phi) is 9.33. The van der Waals surface area contributed by atoms with Crippen LogP contribution in [-0.4, -0.2) is 36.9 Å². The molecule has 0 aliphatic carbocycles. The Morgan fingerprint density at radius 1 is 0.833 bits per heavy atom. The number of esters is 1. The van der Waals surface area contributed by atoms with Crippen LogP contribution in [0.25, 0.3) is 22.1 Å². The van der Waals surface area contributed by atoms with Crippen LogP contribution in [0, 0.1) is 0 Å². The van der Waals surface area contributed by atoms with E-state index in [2.05, 4.69) is 5.32 Å².